The molecule has 2 aliphatic carbocycles. The van der Waals surface area contributed by atoms with Crippen LogP contribution >= 0.6 is 0 Å². The average molecular weight is 494 g/mol. The molecule has 4 rings (SSSR count). The van der Waals surface area contributed by atoms with Gasteiger partial charge in [-0.2, -0.15) is 0 Å². The molecule has 6 nitrogen and oxygen atoms in total. The van der Waals surface area contributed by atoms with Crippen LogP contribution in [-0.4, -0.2) is 52.0 Å². The Morgan fingerprint density at radius 2 is 2.00 bits per heavy atom. The van der Waals surface area contributed by atoms with Gasteiger partial charge in [0.2, 0.25) is 5.91 Å². The molecule has 2 aliphatic rings. The van der Waals surface area contributed by atoms with Gasteiger partial charge in [-0.3, -0.25) is 4.79 Å². The first-order chi connectivity index (χ1) is 17.2. The molecule has 0 bridgehead atoms. The van der Waals surface area contributed by atoms with Crippen molar-refractivity contribution >= 4 is 5.91 Å². The first-order valence-corrected chi connectivity index (χ1v) is 14.2. The Morgan fingerprint density at radius 1 is 1.22 bits per heavy atom. The van der Waals surface area contributed by atoms with Crippen molar-refractivity contribution in [3.63, 3.8) is 0 Å². The summed E-state index contributed by atoms with van der Waals surface area (Å²) in [5.41, 5.74) is 5.80. The lowest BCUT2D eigenvalue weighted by molar-refractivity contribution is -0.123. The SMILES string of the molecule is CCN(CC)CCc1cn(CC(=O)NC[C@]2(C)CCC[C@]3(C)c4ccc(C(C)C)cc4CC[C@@H]23)nn1. The van der Waals surface area contributed by atoms with Gasteiger partial charge in [-0.15, -0.1) is 5.10 Å². The van der Waals surface area contributed by atoms with E-state index in [2.05, 4.69) is 80.3 Å². The predicted octanol–water partition coefficient (Wildman–Crippen LogP) is 5.11. The zero-order valence-corrected chi connectivity index (χ0v) is 23.4. The number of carbonyl (C=O) groups excluding carboxylic acids is 1. The number of hydrogen-bond acceptors (Lipinski definition) is 4. The maximum atomic E-state index is 12.9. The quantitative estimate of drug-likeness (QED) is 0.499. The monoisotopic (exact) mass is 493 g/mol. The molecule has 0 aliphatic heterocycles. The number of carbonyl (C=O) groups is 1. The third kappa shape index (κ3) is 5.53. The van der Waals surface area contributed by atoms with Gasteiger partial charge in [-0.1, -0.05) is 71.4 Å². The maximum Gasteiger partial charge on any atom is 0.241 e. The second-order valence-electron chi connectivity index (χ2n) is 12.0. The highest BCUT2D eigenvalue weighted by molar-refractivity contribution is 5.75. The molecule has 198 valence electrons. The molecule has 2 aromatic rings. The fourth-order valence-electron chi connectivity index (χ4n) is 7.06. The Hall–Kier alpha value is -2.21. The number of aryl methyl sites for hydroxylation is 1. The zero-order valence-electron chi connectivity index (χ0n) is 23.4. The van der Waals surface area contributed by atoms with Gasteiger partial charge >= 0.3 is 0 Å². The number of rotatable bonds is 10. The molecule has 1 heterocycles. The number of nitrogens with one attached hydrogen (secondary N) is 1. The molecule has 1 aromatic carbocycles. The van der Waals surface area contributed by atoms with E-state index in [9.17, 15) is 4.79 Å². The second kappa shape index (κ2) is 11.0. The number of nitrogens with zero attached hydrogens (tertiary/aromatic N) is 4. The van der Waals surface area contributed by atoms with Crippen LogP contribution in [0.25, 0.3) is 0 Å². The fraction of sp³-hybridized carbons (Fsp3) is 0.700. The molecule has 0 saturated heterocycles. The molecule has 6 heteroatoms. The molecular weight excluding hydrogens is 446 g/mol. The molecule has 0 unspecified atom stereocenters. The minimum absolute atomic E-state index is 0.0291. The first-order valence-electron chi connectivity index (χ1n) is 14.2. The van der Waals surface area contributed by atoms with Crippen LogP contribution in [0, 0.1) is 11.3 Å². The number of aromatic nitrogens is 3. The summed E-state index contributed by atoms with van der Waals surface area (Å²) in [7, 11) is 0. The third-order valence-electron chi connectivity index (χ3n) is 9.33. The average Bonchev–Trinajstić information content (AvgIpc) is 3.30. The lowest BCUT2D eigenvalue weighted by Crippen LogP contribution is -2.53. The summed E-state index contributed by atoms with van der Waals surface area (Å²) in [4.78, 5) is 15.3. The second-order valence-corrected chi connectivity index (χ2v) is 12.0. The molecular formula is C30H47N5O. The van der Waals surface area contributed by atoms with Crippen LogP contribution in [0.15, 0.2) is 24.4 Å². The van der Waals surface area contributed by atoms with Gasteiger partial charge in [-0.05, 0) is 78.1 Å². The van der Waals surface area contributed by atoms with E-state index in [1.54, 1.807) is 15.8 Å². The zero-order chi connectivity index (χ0) is 25.9. The fourth-order valence-corrected chi connectivity index (χ4v) is 7.06. The van der Waals surface area contributed by atoms with Crippen LogP contribution in [-0.2, 0) is 29.6 Å². The van der Waals surface area contributed by atoms with Gasteiger partial charge in [0.05, 0.1) is 5.69 Å². The number of hydrogen-bond donors (Lipinski definition) is 1. The molecule has 0 spiro atoms. The summed E-state index contributed by atoms with van der Waals surface area (Å²) in [6.07, 6.45) is 8.76. The standard InChI is InChI=1S/C30H47N5O/c1-7-34(8-2)17-14-25-19-35(33-32-25)20-28(36)31-21-29(5)15-9-16-30(6)26-12-10-23(22(3)4)18-24(26)11-13-27(29)30/h10,12,18-19,22,27H,7-9,11,13-17,20-21H2,1-6H3,(H,31,36)/t27-,29-,30+/m0/s1. The summed E-state index contributed by atoms with van der Waals surface area (Å²) >= 11 is 0. The molecule has 1 N–H and O–H groups in total. The van der Waals surface area contributed by atoms with E-state index < -0.39 is 0 Å². The van der Waals surface area contributed by atoms with E-state index >= 15 is 0 Å². The van der Waals surface area contributed by atoms with E-state index in [0.29, 0.717) is 11.8 Å². The highest BCUT2D eigenvalue weighted by atomic mass is 16.2. The van der Waals surface area contributed by atoms with Crippen LogP contribution in [0.5, 0.6) is 0 Å². The molecule has 1 aromatic heterocycles. The lowest BCUT2D eigenvalue weighted by atomic mass is 9.49. The van der Waals surface area contributed by atoms with E-state index in [1.807, 2.05) is 6.20 Å². The summed E-state index contributed by atoms with van der Waals surface area (Å²) in [6.45, 7) is 17.8. The van der Waals surface area contributed by atoms with Crippen LogP contribution in [0.1, 0.15) is 95.5 Å². The normalized spacial score (nSPS) is 25.6. The molecule has 1 amide bonds. The summed E-state index contributed by atoms with van der Waals surface area (Å²) in [6, 6.07) is 7.23. The van der Waals surface area contributed by atoms with Crippen LogP contribution in [0.4, 0.5) is 0 Å². The van der Waals surface area contributed by atoms with E-state index in [-0.39, 0.29) is 23.3 Å². The highest BCUT2D eigenvalue weighted by Gasteiger charge is 2.51. The smallest absolute Gasteiger partial charge is 0.241 e. The summed E-state index contributed by atoms with van der Waals surface area (Å²) < 4.78 is 1.68. The lowest BCUT2D eigenvalue weighted by Gasteiger charge is -2.55. The number of likely N-dealkylation sites (N-methyl/N-ethyl adjacent to an activating group) is 1. The topological polar surface area (TPSA) is 63.1 Å². The Kier molecular flexibility index (Phi) is 8.23. The van der Waals surface area contributed by atoms with Crippen molar-refractivity contribution in [3.8, 4) is 0 Å². The van der Waals surface area contributed by atoms with Crippen molar-refractivity contribution in [3.05, 3.63) is 46.8 Å². The van der Waals surface area contributed by atoms with Gasteiger partial charge in [0.25, 0.3) is 0 Å². The van der Waals surface area contributed by atoms with Crippen LogP contribution in [0.2, 0.25) is 0 Å². The van der Waals surface area contributed by atoms with E-state index in [4.69, 9.17) is 0 Å². The van der Waals surface area contributed by atoms with Gasteiger partial charge < -0.3 is 10.2 Å². The molecule has 36 heavy (non-hydrogen) atoms. The molecule has 1 fully saturated rings. The van der Waals surface area contributed by atoms with Crippen molar-refractivity contribution < 1.29 is 4.79 Å². The molecule has 1 saturated carbocycles. The van der Waals surface area contributed by atoms with Crippen molar-refractivity contribution in [2.45, 2.75) is 97.9 Å². The number of fused-ring (bicyclic) bond motifs is 3. The number of benzene rings is 1. The Balaban J connectivity index is 1.38. The van der Waals surface area contributed by atoms with Crippen molar-refractivity contribution in [2.75, 3.05) is 26.2 Å². The first kappa shape index (κ1) is 26.8. The Labute approximate surface area is 218 Å². The van der Waals surface area contributed by atoms with Gasteiger partial charge in [0.15, 0.2) is 0 Å². The number of amides is 1. The van der Waals surface area contributed by atoms with Crippen molar-refractivity contribution in [2.24, 2.45) is 11.3 Å². The highest BCUT2D eigenvalue weighted by Crippen LogP contribution is 2.57. The van der Waals surface area contributed by atoms with Crippen molar-refractivity contribution in [1.82, 2.24) is 25.2 Å². The Bertz CT molecular complexity index is 1040. The summed E-state index contributed by atoms with van der Waals surface area (Å²) in [5, 5.41) is 11.8. The maximum absolute atomic E-state index is 12.9. The summed E-state index contributed by atoms with van der Waals surface area (Å²) in [5.74, 6) is 1.17. The van der Waals surface area contributed by atoms with Gasteiger partial charge in [-0.25, -0.2) is 4.68 Å². The Morgan fingerprint density at radius 3 is 2.72 bits per heavy atom. The minimum Gasteiger partial charge on any atom is -0.354 e. The predicted molar refractivity (Wildman–Crippen MR) is 146 cm³/mol. The van der Waals surface area contributed by atoms with E-state index in [1.165, 1.54) is 31.2 Å². The molecule has 3 atom stereocenters. The van der Waals surface area contributed by atoms with Crippen molar-refractivity contribution in [1.29, 1.82) is 0 Å². The third-order valence-corrected chi connectivity index (χ3v) is 9.33. The van der Waals surface area contributed by atoms with E-state index in [0.717, 1.165) is 44.7 Å². The van der Waals surface area contributed by atoms with Crippen LogP contribution in [0.3, 0.4) is 0 Å². The largest absolute Gasteiger partial charge is 0.354 e. The van der Waals surface area contributed by atoms with Gasteiger partial charge in [0.1, 0.15) is 6.54 Å². The van der Waals surface area contributed by atoms with Gasteiger partial charge in [0, 0.05) is 25.7 Å². The minimum atomic E-state index is 0.0291. The molecule has 0 radical (unpaired) electrons. The van der Waals surface area contributed by atoms with Crippen LogP contribution < -0.4 is 5.32 Å².